The van der Waals surface area contributed by atoms with Gasteiger partial charge >= 0.3 is 0 Å². The van der Waals surface area contributed by atoms with Crippen molar-refractivity contribution in [3.63, 3.8) is 0 Å². The molecular weight excluding hydrogens is 460 g/mol. The van der Waals surface area contributed by atoms with Gasteiger partial charge in [-0.2, -0.15) is 15.1 Å². The molecule has 0 fully saturated rings. The van der Waals surface area contributed by atoms with Crippen LogP contribution >= 0.6 is 11.8 Å². The number of fused-ring (bicyclic) bond motifs is 1. The number of aliphatic imine (C=N–C) groups is 1. The topological polar surface area (TPSA) is 87.3 Å². The second-order valence-electron chi connectivity index (χ2n) is 7.82. The standard InChI is InChI=1S/C27H22N4O3S/c1-18-8-5-6-13-22(18)26-30-31-24(28)23(25(32)29-27(31)35-26)17-19-9-7-12-21(16-19)34-15-14-33-20-10-3-2-4-11-20/h2-13,16-17,28H,14-15H2,1H3. The number of aryl methyl sites for hydroxylation is 1. The van der Waals surface area contributed by atoms with Crippen LogP contribution in [0, 0.1) is 12.3 Å². The summed E-state index contributed by atoms with van der Waals surface area (Å²) in [5.74, 6) is 0.972. The summed E-state index contributed by atoms with van der Waals surface area (Å²) in [6.45, 7) is 2.78. The predicted octanol–water partition coefficient (Wildman–Crippen LogP) is 5.12. The molecule has 2 aliphatic heterocycles. The Kier molecular flexibility index (Phi) is 6.45. The van der Waals surface area contributed by atoms with Crippen LogP contribution in [0.15, 0.2) is 94.5 Å². The molecule has 5 rings (SSSR count). The van der Waals surface area contributed by atoms with Gasteiger partial charge in [0.2, 0.25) is 5.17 Å². The van der Waals surface area contributed by atoms with Crippen molar-refractivity contribution >= 4 is 39.8 Å². The van der Waals surface area contributed by atoms with E-state index in [9.17, 15) is 4.79 Å². The van der Waals surface area contributed by atoms with Gasteiger partial charge < -0.3 is 9.47 Å². The maximum atomic E-state index is 12.8. The van der Waals surface area contributed by atoms with Crippen LogP contribution in [-0.4, -0.2) is 40.2 Å². The molecule has 0 aliphatic carbocycles. The lowest BCUT2D eigenvalue weighted by Gasteiger charge is -2.20. The molecule has 0 spiro atoms. The Hall–Kier alpha value is -4.17. The fourth-order valence-electron chi connectivity index (χ4n) is 3.61. The molecule has 3 aromatic carbocycles. The monoisotopic (exact) mass is 482 g/mol. The van der Waals surface area contributed by atoms with Crippen LogP contribution < -0.4 is 9.47 Å². The zero-order valence-corrected chi connectivity index (χ0v) is 19.8. The highest BCUT2D eigenvalue weighted by atomic mass is 32.2. The summed E-state index contributed by atoms with van der Waals surface area (Å²) in [4.78, 5) is 16.9. The van der Waals surface area contributed by atoms with Crippen LogP contribution in [0.1, 0.15) is 16.7 Å². The van der Waals surface area contributed by atoms with Crippen LogP contribution in [0.3, 0.4) is 0 Å². The number of benzene rings is 3. The van der Waals surface area contributed by atoms with Gasteiger partial charge in [0.05, 0.1) is 5.57 Å². The minimum atomic E-state index is -0.461. The Labute approximate surface area is 207 Å². The number of nitrogens with zero attached hydrogens (tertiary/aromatic N) is 3. The predicted molar refractivity (Wildman–Crippen MR) is 139 cm³/mol. The minimum absolute atomic E-state index is 0.00123. The van der Waals surface area contributed by atoms with E-state index in [0.717, 1.165) is 22.4 Å². The highest BCUT2D eigenvalue weighted by Crippen LogP contribution is 2.32. The minimum Gasteiger partial charge on any atom is -0.490 e. The van der Waals surface area contributed by atoms with Crippen molar-refractivity contribution < 1.29 is 14.3 Å². The zero-order valence-electron chi connectivity index (χ0n) is 19.0. The van der Waals surface area contributed by atoms with E-state index in [1.807, 2.05) is 85.8 Å². The van der Waals surface area contributed by atoms with Crippen molar-refractivity contribution in [2.75, 3.05) is 13.2 Å². The van der Waals surface area contributed by atoms with Crippen LogP contribution in [-0.2, 0) is 4.79 Å². The average Bonchev–Trinajstić information content (AvgIpc) is 3.29. The molecule has 0 aromatic heterocycles. The number of amides is 1. The first-order valence-electron chi connectivity index (χ1n) is 11.1. The van der Waals surface area contributed by atoms with Gasteiger partial charge in [0.25, 0.3) is 5.91 Å². The fraction of sp³-hybridized carbons (Fsp3) is 0.111. The summed E-state index contributed by atoms with van der Waals surface area (Å²) < 4.78 is 11.5. The molecule has 35 heavy (non-hydrogen) atoms. The van der Waals surface area contributed by atoms with Gasteiger partial charge in [-0.25, -0.2) is 0 Å². The van der Waals surface area contributed by atoms with Crippen molar-refractivity contribution in [3.05, 3.63) is 101 Å². The molecule has 2 aliphatic rings. The number of hydrazone groups is 1. The largest absolute Gasteiger partial charge is 0.490 e. The molecule has 174 valence electrons. The fourth-order valence-corrected chi connectivity index (χ4v) is 4.59. The van der Waals surface area contributed by atoms with E-state index < -0.39 is 5.91 Å². The highest BCUT2D eigenvalue weighted by molar-refractivity contribution is 8.27. The lowest BCUT2D eigenvalue weighted by Crippen LogP contribution is -2.35. The number of hydrogen-bond acceptors (Lipinski definition) is 6. The van der Waals surface area contributed by atoms with Gasteiger partial charge in [-0.1, -0.05) is 54.6 Å². The van der Waals surface area contributed by atoms with E-state index in [4.69, 9.17) is 14.9 Å². The SMILES string of the molecule is Cc1ccccc1C1=NN2C(=N)C(=Cc3cccc(OCCOc4ccccc4)c3)C(=O)N=C2S1. The molecule has 0 saturated carbocycles. The van der Waals surface area contributed by atoms with Gasteiger partial charge in [0.1, 0.15) is 29.8 Å². The van der Waals surface area contributed by atoms with Gasteiger partial charge in [-0.15, -0.1) is 0 Å². The molecule has 0 atom stereocenters. The quantitative estimate of drug-likeness (QED) is 0.373. The first kappa shape index (κ1) is 22.6. The summed E-state index contributed by atoms with van der Waals surface area (Å²) in [5, 5.41) is 15.7. The number of thioether (sulfide) groups is 1. The third-order valence-electron chi connectivity index (χ3n) is 5.36. The van der Waals surface area contributed by atoms with Crippen LogP contribution in [0.5, 0.6) is 11.5 Å². The molecule has 1 N–H and O–H groups in total. The van der Waals surface area contributed by atoms with Crippen molar-refractivity contribution in [2.24, 2.45) is 10.1 Å². The Balaban J connectivity index is 1.29. The molecule has 7 nitrogen and oxygen atoms in total. The highest BCUT2D eigenvalue weighted by Gasteiger charge is 2.36. The lowest BCUT2D eigenvalue weighted by atomic mass is 10.1. The Morgan fingerprint density at radius 1 is 0.943 bits per heavy atom. The molecule has 8 heteroatoms. The lowest BCUT2D eigenvalue weighted by molar-refractivity contribution is -0.114. The van der Waals surface area contributed by atoms with Crippen molar-refractivity contribution in [1.82, 2.24) is 5.01 Å². The van der Waals surface area contributed by atoms with Gasteiger partial charge in [-0.05, 0) is 60.2 Å². The molecule has 0 saturated heterocycles. The number of ether oxygens (including phenoxy) is 2. The number of rotatable bonds is 7. The summed E-state index contributed by atoms with van der Waals surface area (Å²) in [7, 11) is 0. The van der Waals surface area contributed by atoms with E-state index in [-0.39, 0.29) is 11.4 Å². The van der Waals surface area contributed by atoms with Crippen LogP contribution in [0.2, 0.25) is 0 Å². The summed E-state index contributed by atoms with van der Waals surface area (Å²) in [6.07, 6.45) is 1.64. The Bertz CT molecular complexity index is 1380. The van der Waals surface area contributed by atoms with Crippen molar-refractivity contribution in [1.29, 1.82) is 5.41 Å². The molecule has 2 heterocycles. The van der Waals surface area contributed by atoms with E-state index in [1.54, 1.807) is 6.08 Å². The van der Waals surface area contributed by atoms with Crippen molar-refractivity contribution in [3.8, 4) is 11.5 Å². The third kappa shape index (κ3) is 5.02. The number of carbonyl (C=O) groups excluding carboxylic acids is 1. The molecule has 0 radical (unpaired) electrons. The zero-order chi connectivity index (χ0) is 24.2. The van der Waals surface area contributed by atoms with Crippen LogP contribution in [0.4, 0.5) is 0 Å². The maximum Gasteiger partial charge on any atom is 0.283 e. The third-order valence-corrected chi connectivity index (χ3v) is 6.30. The number of para-hydroxylation sites is 1. The van der Waals surface area contributed by atoms with Gasteiger partial charge in [-0.3, -0.25) is 10.2 Å². The average molecular weight is 483 g/mol. The maximum absolute atomic E-state index is 12.8. The number of hydrogen-bond donors (Lipinski definition) is 1. The summed E-state index contributed by atoms with van der Waals surface area (Å²) in [6, 6.07) is 24.8. The second kappa shape index (κ2) is 9.99. The number of carbonyl (C=O) groups is 1. The summed E-state index contributed by atoms with van der Waals surface area (Å²) in [5.41, 5.74) is 2.93. The molecular formula is C27H22N4O3S. The van der Waals surface area contributed by atoms with E-state index in [1.165, 1.54) is 16.8 Å². The number of nitrogens with one attached hydrogen (secondary N) is 1. The molecule has 1 amide bonds. The smallest absolute Gasteiger partial charge is 0.283 e. The number of amidine groups is 2. The summed E-state index contributed by atoms with van der Waals surface area (Å²) >= 11 is 1.29. The second-order valence-corrected chi connectivity index (χ2v) is 8.78. The van der Waals surface area contributed by atoms with Crippen molar-refractivity contribution in [2.45, 2.75) is 6.92 Å². The normalized spacial score (nSPS) is 16.1. The van der Waals surface area contributed by atoms with E-state index in [0.29, 0.717) is 29.2 Å². The molecule has 0 unspecified atom stereocenters. The molecule has 3 aromatic rings. The van der Waals surface area contributed by atoms with E-state index >= 15 is 0 Å². The molecule has 0 bridgehead atoms. The van der Waals surface area contributed by atoms with Crippen LogP contribution in [0.25, 0.3) is 6.08 Å². The van der Waals surface area contributed by atoms with Gasteiger partial charge in [0, 0.05) is 5.56 Å². The first-order chi connectivity index (χ1) is 17.1. The Morgan fingerprint density at radius 2 is 1.66 bits per heavy atom. The van der Waals surface area contributed by atoms with E-state index in [2.05, 4.69) is 10.1 Å². The first-order valence-corrected chi connectivity index (χ1v) is 11.9. The Morgan fingerprint density at radius 3 is 2.46 bits per heavy atom. The van der Waals surface area contributed by atoms with Gasteiger partial charge in [0.15, 0.2) is 5.84 Å².